The molecule has 0 fully saturated rings. The van der Waals surface area contributed by atoms with Crippen LogP contribution in [0.2, 0.25) is 0 Å². The molecule has 8 aromatic carbocycles. The highest BCUT2D eigenvalue weighted by molar-refractivity contribution is 7.00. The lowest BCUT2D eigenvalue weighted by Crippen LogP contribution is -2.62. The third-order valence-corrected chi connectivity index (χ3v) is 23.2. The van der Waals surface area contributed by atoms with E-state index in [1.807, 2.05) is 0 Å². The lowest BCUT2D eigenvalue weighted by atomic mass is 9.33. The van der Waals surface area contributed by atoms with Crippen molar-refractivity contribution in [2.45, 2.75) is 240 Å². The molecule has 0 spiro atoms. The SMILES string of the molecule is Cc1cc2c(cc1N1c3cc(N(c4ccc(C(C)(C)C)cc4)c4ccc(C(C)(C)C)cc4)cc4c3B(c3cc5c(cc3N4c3ccc4c(c3)C(C)(C)CCC4(C)C)C(C)(C)CCC5(C)C)c3ccc4oc5cc(C(C)(C)C)ccc5c4c31)C(C)(C)CCC2(C)C. The average Bonchev–Trinajstić information content (AvgIpc) is 0.925. The van der Waals surface area contributed by atoms with Crippen LogP contribution in [0.4, 0.5) is 51.2 Å². The maximum absolute atomic E-state index is 7.26. The van der Waals surface area contributed by atoms with Gasteiger partial charge in [-0.1, -0.05) is 206 Å². The van der Waals surface area contributed by atoms with Crippen molar-refractivity contribution in [1.29, 1.82) is 0 Å². The summed E-state index contributed by atoms with van der Waals surface area (Å²) in [4.78, 5) is 8.07. The molecule has 90 heavy (non-hydrogen) atoms. The number of rotatable bonds is 5. The van der Waals surface area contributed by atoms with Crippen LogP contribution in [0, 0.1) is 6.92 Å². The molecule has 9 aromatic rings. The Kier molecular flexibility index (Phi) is 13.2. The quantitative estimate of drug-likeness (QED) is 0.160. The van der Waals surface area contributed by atoms with Crippen LogP contribution >= 0.6 is 0 Å². The summed E-state index contributed by atoms with van der Waals surface area (Å²) in [5.74, 6) is 0. The second kappa shape index (κ2) is 19.5. The summed E-state index contributed by atoms with van der Waals surface area (Å²) in [6.07, 6.45) is 6.86. The summed E-state index contributed by atoms with van der Waals surface area (Å²) in [5, 5.41) is 2.33. The molecule has 1 aromatic heterocycles. The molecule has 5 heteroatoms. The molecule has 0 atom stereocenters. The maximum atomic E-state index is 7.26. The highest BCUT2D eigenvalue weighted by Gasteiger charge is 2.49. The minimum atomic E-state index is -0.122. The van der Waals surface area contributed by atoms with Crippen molar-refractivity contribution in [3.8, 4) is 0 Å². The first-order valence-electron chi connectivity index (χ1n) is 34.2. The molecule has 0 saturated carbocycles. The van der Waals surface area contributed by atoms with Crippen LogP contribution in [0.1, 0.15) is 240 Å². The van der Waals surface area contributed by atoms with Gasteiger partial charge in [0.1, 0.15) is 11.2 Å². The van der Waals surface area contributed by atoms with Gasteiger partial charge < -0.3 is 19.1 Å². The number of benzene rings is 8. The molecule has 0 bridgehead atoms. The minimum Gasteiger partial charge on any atom is -0.456 e. The van der Waals surface area contributed by atoms with E-state index < -0.39 is 0 Å². The Balaban J connectivity index is 1.18. The Labute approximate surface area is 541 Å². The molecule has 3 heterocycles. The second-order valence-electron chi connectivity index (χ2n) is 35.5. The third-order valence-electron chi connectivity index (χ3n) is 23.2. The lowest BCUT2D eigenvalue weighted by Gasteiger charge is -2.49. The number of hydrogen-bond acceptors (Lipinski definition) is 4. The number of furan rings is 1. The van der Waals surface area contributed by atoms with Crippen LogP contribution in [0.3, 0.4) is 0 Å². The maximum Gasteiger partial charge on any atom is 0.252 e. The van der Waals surface area contributed by atoms with Crippen molar-refractivity contribution in [1.82, 2.24) is 0 Å². The van der Waals surface area contributed by atoms with E-state index in [0.717, 1.165) is 65.7 Å². The molecule has 0 unspecified atom stereocenters. The summed E-state index contributed by atoms with van der Waals surface area (Å²) in [5.41, 5.74) is 30.6. The summed E-state index contributed by atoms with van der Waals surface area (Å²) in [6, 6.07) is 54.3. The lowest BCUT2D eigenvalue weighted by molar-refractivity contribution is 0.332. The fourth-order valence-corrected chi connectivity index (χ4v) is 16.8. The van der Waals surface area contributed by atoms with E-state index in [1.165, 1.54) is 118 Å². The van der Waals surface area contributed by atoms with Gasteiger partial charge in [0, 0.05) is 45.2 Å². The average molecular weight is 1190 g/mol. The summed E-state index contributed by atoms with van der Waals surface area (Å²) in [6.45, 7) is 53.0. The minimum absolute atomic E-state index is 0.00512. The predicted molar refractivity (Wildman–Crippen MR) is 389 cm³/mol. The molecule has 5 aliphatic rings. The van der Waals surface area contributed by atoms with Crippen LogP contribution in [-0.2, 0) is 48.7 Å². The molecule has 0 saturated heterocycles. The summed E-state index contributed by atoms with van der Waals surface area (Å²) in [7, 11) is 0. The van der Waals surface area contributed by atoms with Crippen LogP contribution < -0.4 is 31.1 Å². The van der Waals surface area contributed by atoms with E-state index in [4.69, 9.17) is 4.42 Å². The van der Waals surface area contributed by atoms with Gasteiger partial charge in [-0.3, -0.25) is 0 Å². The molecular formula is C85H100BN3O. The van der Waals surface area contributed by atoms with Crippen LogP contribution in [0.5, 0.6) is 0 Å². The van der Waals surface area contributed by atoms with E-state index in [9.17, 15) is 0 Å². The molecule has 14 rings (SSSR count). The number of aryl methyl sites for hydroxylation is 1. The zero-order valence-electron chi connectivity index (χ0n) is 58.8. The fourth-order valence-electron chi connectivity index (χ4n) is 16.8. The van der Waals surface area contributed by atoms with Crippen LogP contribution in [-0.4, -0.2) is 6.71 Å². The Morgan fingerprint density at radius 2 is 0.822 bits per heavy atom. The number of nitrogens with zero attached hydrogens (tertiary/aromatic N) is 3. The van der Waals surface area contributed by atoms with E-state index in [0.29, 0.717) is 0 Å². The Bertz CT molecular complexity index is 4380. The molecule has 0 amide bonds. The smallest absolute Gasteiger partial charge is 0.252 e. The zero-order chi connectivity index (χ0) is 64.3. The number of hydrogen-bond donors (Lipinski definition) is 0. The van der Waals surface area contributed by atoms with Gasteiger partial charge in [-0.05, 0) is 239 Å². The molecule has 0 N–H and O–H groups in total. The van der Waals surface area contributed by atoms with Gasteiger partial charge in [-0.2, -0.15) is 0 Å². The molecule has 2 aliphatic heterocycles. The molecule has 4 nitrogen and oxygen atoms in total. The first-order chi connectivity index (χ1) is 41.9. The topological polar surface area (TPSA) is 22.9 Å². The van der Waals surface area contributed by atoms with Gasteiger partial charge in [0.2, 0.25) is 0 Å². The normalized spacial score (nSPS) is 19.0. The van der Waals surface area contributed by atoms with Crippen molar-refractivity contribution in [2.75, 3.05) is 14.7 Å². The van der Waals surface area contributed by atoms with E-state index >= 15 is 0 Å². The van der Waals surface area contributed by atoms with Gasteiger partial charge in [0.25, 0.3) is 6.71 Å². The van der Waals surface area contributed by atoms with Crippen LogP contribution in [0.15, 0.2) is 138 Å². The standard InChI is InChI=1S/C85H100BN3O/c1-51-43-61-64(84(19,20)41-39-81(61,13)14)49-68(51)89-71-47-58(87(55-28-23-52(24-29-55)77(2,3)4)56-30-25-53(26-31-56)78(5,6)7)46-70-75(71)86(66-35-36-72-74(76(66)89)59-33-27-54(79(8,9)10)44-73(59)90-72)67-48-63-65(85(21,22)42-40-83(63,17)18)50-69(67)88(70)57-32-34-60-62(45-57)82(15,16)38-37-80(60,11)12/h23-36,43-50H,37-42H2,1-22H3. The van der Waals surface area contributed by atoms with Crippen LogP contribution in [0.25, 0.3) is 21.9 Å². The van der Waals surface area contributed by atoms with Crippen molar-refractivity contribution >= 4 is 96.2 Å². The fraction of sp³-hybridized carbons (Fsp3) is 0.435. The number of anilines is 9. The summed E-state index contributed by atoms with van der Waals surface area (Å²) >= 11 is 0. The highest BCUT2D eigenvalue weighted by atomic mass is 16.3. The van der Waals surface area contributed by atoms with Crippen molar-refractivity contribution < 1.29 is 4.42 Å². The van der Waals surface area contributed by atoms with Gasteiger partial charge in [0.15, 0.2) is 0 Å². The number of fused-ring (bicyclic) bond motifs is 11. The molecular weight excluding hydrogens is 1090 g/mol. The predicted octanol–water partition coefficient (Wildman–Crippen LogP) is 22.4. The summed E-state index contributed by atoms with van der Waals surface area (Å²) < 4.78 is 7.26. The largest absolute Gasteiger partial charge is 0.456 e. The Morgan fingerprint density at radius 3 is 1.33 bits per heavy atom. The van der Waals surface area contributed by atoms with Crippen molar-refractivity contribution in [3.05, 3.63) is 189 Å². The van der Waals surface area contributed by atoms with Gasteiger partial charge in [0.05, 0.1) is 16.8 Å². The van der Waals surface area contributed by atoms with E-state index in [-0.39, 0.29) is 55.4 Å². The van der Waals surface area contributed by atoms with Gasteiger partial charge in [-0.25, -0.2) is 0 Å². The molecule has 0 radical (unpaired) electrons. The third kappa shape index (κ3) is 9.39. The van der Waals surface area contributed by atoms with Crippen molar-refractivity contribution in [3.63, 3.8) is 0 Å². The highest BCUT2D eigenvalue weighted by Crippen LogP contribution is 2.57. The second-order valence-corrected chi connectivity index (χ2v) is 35.5. The first-order valence-corrected chi connectivity index (χ1v) is 34.2. The van der Waals surface area contributed by atoms with Crippen molar-refractivity contribution in [2.24, 2.45) is 0 Å². The monoisotopic (exact) mass is 1190 g/mol. The van der Waals surface area contributed by atoms with Gasteiger partial charge in [-0.15, -0.1) is 0 Å². The van der Waals surface area contributed by atoms with Gasteiger partial charge >= 0.3 is 0 Å². The molecule has 464 valence electrons. The molecule has 3 aliphatic carbocycles. The Morgan fingerprint density at radius 1 is 0.378 bits per heavy atom. The zero-order valence-corrected chi connectivity index (χ0v) is 58.8. The first kappa shape index (κ1) is 60.6. The van der Waals surface area contributed by atoms with E-state index in [1.54, 1.807) is 0 Å². The van der Waals surface area contributed by atoms with E-state index in [2.05, 4.69) is 300 Å². The Hall–Kier alpha value is -6.98.